The van der Waals surface area contributed by atoms with E-state index in [-0.39, 0.29) is 0 Å². The van der Waals surface area contributed by atoms with E-state index < -0.39 is 10.0 Å². The summed E-state index contributed by atoms with van der Waals surface area (Å²) >= 11 is 0. The maximum absolute atomic E-state index is 12.8. The third kappa shape index (κ3) is 2.75. The van der Waals surface area contributed by atoms with Gasteiger partial charge in [0.2, 0.25) is 10.0 Å². The van der Waals surface area contributed by atoms with Crippen LogP contribution in [0.3, 0.4) is 0 Å². The van der Waals surface area contributed by atoms with Crippen LogP contribution in [0, 0.1) is 19.8 Å². The summed E-state index contributed by atoms with van der Waals surface area (Å²) in [6.07, 6.45) is 1.85. The third-order valence-electron chi connectivity index (χ3n) is 4.00. The van der Waals surface area contributed by atoms with Crippen LogP contribution in [0.4, 0.5) is 0 Å². The predicted molar refractivity (Wildman–Crippen MR) is 77.9 cm³/mol. The van der Waals surface area contributed by atoms with E-state index >= 15 is 0 Å². The van der Waals surface area contributed by atoms with Gasteiger partial charge in [0, 0.05) is 19.6 Å². The molecule has 1 fully saturated rings. The third-order valence-corrected chi connectivity index (χ3v) is 6.15. The van der Waals surface area contributed by atoms with Crippen LogP contribution < -0.4 is 5.73 Å². The molecule has 2 heterocycles. The van der Waals surface area contributed by atoms with Gasteiger partial charge in [-0.05, 0) is 32.6 Å². The molecule has 0 aromatic carbocycles. The average molecular weight is 300 g/mol. The Bertz CT molecular complexity index is 571. The van der Waals surface area contributed by atoms with Crippen molar-refractivity contribution in [2.45, 2.75) is 45.1 Å². The van der Waals surface area contributed by atoms with E-state index in [4.69, 9.17) is 5.73 Å². The lowest BCUT2D eigenvalue weighted by molar-refractivity contribution is 0.288. The summed E-state index contributed by atoms with van der Waals surface area (Å²) in [6.45, 7) is 7.91. The zero-order valence-electron chi connectivity index (χ0n) is 12.5. The molecule has 0 atom stereocenters. The van der Waals surface area contributed by atoms with Crippen LogP contribution in [0.25, 0.3) is 0 Å². The van der Waals surface area contributed by atoms with Crippen molar-refractivity contribution < 1.29 is 8.42 Å². The highest BCUT2D eigenvalue weighted by Crippen LogP contribution is 2.27. The van der Waals surface area contributed by atoms with Gasteiger partial charge >= 0.3 is 0 Å². The van der Waals surface area contributed by atoms with E-state index in [1.165, 1.54) is 0 Å². The van der Waals surface area contributed by atoms with Crippen molar-refractivity contribution in [3.8, 4) is 0 Å². The first kappa shape index (κ1) is 15.5. The van der Waals surface area contributed by atoms with Crippen LogP contribution in [-0.2, 0) is 16.6 Å². The number of nitrogens with zero attached hydrogens (tertiary/aromatic N) is 3. The van der Waals surface area contributed by atoms with Gasteiger partial charge in [-0.15, -0.1) is 0 Å². The number of nitrogens with two attached hydrogens (primary N) is 1. The van der Waals surface area contributed by atoms with Crippen molar-refractivity contribution in [1.82, 2.24) is 14.1 Å². The summed E-state index contributed by atoms with van der Waals surface area (Å²) in [7, 11) is -3.44. The van der Waals surface area contributed by atoms with E-state index in [2.05, 4.69) is 12.0 Å². The number of aryl methyl sites for hydroxylation is 1. The molecule has 1 aromatic rings. The second-order valence-corrected chi connectivity index (χ2v) is 7.47. The lowest BCUT2D eigenvalue weighted by Crippen LogP contribution is -2.38. The Morgan fingerprint density at radius 2 is 1.90 bits per heavy atom. The van der Waals surface area contributed by atoms with Gasteiger partial charge in [0.1, 0.15) is 4.90 Å². The van der Waals surface area contributed by atoms with Gasteiger partial charge < -0.3 is 5.73 Å². The zero-order valence-corrected chi connectivity index (χ0v) is 13.3. The Balaban J connectivity index is 2.34. The van der Waals surface area contributed by atoms with Crippen molar-refractivity contribution in [3.05, 3.63) is 11.4 Å². The molecule has 1 aliphatic heterocycles. The highest BCUT2D eigenvalue weighted by Gasteiger charge is 2.32. The molecule has 2 N–H and O–H groups in total. The van der Waals surface area contributed by atoms with Gasteiger partial charge in [-0.1, -0.05) is 6.92 Å². The van der Waals surface area contributed by atoms with Gasteiger partial charge in [-0.25, -0.2) is 8.42 Å². The Morgan fingerprint density at radius 1 is 1.30 bits per heavy atom. The molecule has 0 spiro atoms. The molecule has 1 saturated heterocycles. The zero-order chi connectivity index (χ0) is 14.9. The highest BCUT2D eigenvalue weighted by molar-refractivity contribution is 7.89. The summed E-state index contributed by atoms with van der Waals surface area (Å²) in [5.74, 6) is 0.601. The molecule has 1 aliphatic rings. The minimum atomic E-state index is -3.44. The lowest BCUT2D eigenvalue weighted by Gasteiger charge is -2.29. The first-order chi connectivity index (χ1) is 9.37. The Hall–Kier alpha value is -0.920. The maximum Gasteiger partial charge on any atom is 0.246 e. The molecule has 0 aliphatic carbocycles. The van der Waals surface area contributed by atoms with Gasteiger partial charge in [0.05, 0.1) is 17.9 Å². The summed E-state index contributed by atoms with van der Waals surface area (Å²) in [5, 5.41) is 4.31. The second kappa shape index (κ2) is 5.83. The highest BCUT2D eigenvalue weighted by atomic mass is 32.2. The van der Waals surface area contributed by atoms with Crippen LogP contribution in [0.5, 0.6) is 0 Å². The molecular formula is C13H24N4O2S. The summed E-state index contributed by atoms with van der Waals surface area (Å²) in [6, 6.07) is 0. The number of hydrogen-bond acceptors (Lipinski definition) is 4. The second-order valence-electron chi connectivity index (χ2n) is 5.60. The molecular weight excluding hydrogens is 276 g/mol. The number of aromatic nitrogens is 2. The van der Waals surface area contributed by atoms with E-state index in [9.17, 15) is 8.42 Å². The van der Waals surface area contributed by atoms with Gasteiger partial charge in [-0.2, -0.15) is 9.40 Å². The molecule has 20 heavy (non-hydrogen) atoms. The topological polar surface area (TPSA) is 81.2 Å². The maximum atomic E-state index is 12.8. The average Bonchev–Trinajstić information content (AvgIpc) is 2.66. The Morgan fingerprint density at radius 3 is 2.45 bits per heavy atom. The smallest absolute Gasteiger partial charge is 0.246 e. The Kier molecular flexibility index (Phi) is 4.51. The van der Waals surface area contributed by atoms with Crippen molar-refractivity contribution in [3.63, 3.8) is 0 Å². The van der Waals surface area contributed by atoms with Crippen LogP contribution in [0.1, 0.15) is 31.2 Å². The van der Waals surface area contributed by atoms with Gasteiger partial charge in [0.25, 0.3) is 0 Å². The molecule has 0 bridgehead atoms. The normalized spacial score (nSPS) is 18.6. The quantitative estimate of drug-likeness (QED) is 0.895. The molecule has 7 heteroatoms. The molecule has 0 saturated carbocycles. The number of piperidine rings is 1. The minimum Gasteiger partial charge on any atom is -0.329 e. The van der Waals surface area contributed by atoms with E-state index in [0.29, 0.717) is 48.4 Å². The SMILES string of the molecule is Cc1nn(CCN)c(C)c1S(=O)(=O)N1CCC(C)CC1. The number of sulfonamides is 1. The molecule has 6 nitrogen and oxygen atoms in total. The standard InChI is InChI=1S/C13H24N4O2S/c1-10-4-7-16(8-5-10)20(18,19)13-11(2)15-17(9-6-14)12(13)3/h10H,4-9,14H2,1-3H3. The minimum absolute atomic E-state index is 0.362. The molecule has 1 aromatic heterocycles. The van der Waals surface area contributed by atoms with Gasteiger partial charge in [-0.3, -0.25) is 4.68 Å². The molecule has 0 amide bonds. The molecule has 2 rings (SSSR count). The van der Waals surface area contributed by atoms with Crippen molar-refractivity contribution in [1.29, 1.82) is 0 Å². The van der Waals surface area contributed by atoms with Crippen molar-refractivity contribution in [2.24, 2.45) is 11.7 Å². The lowest BCUT2D eigenvalue weighted by atomic mass is 10.0. The molecule has 114 valence electrons. The fraction of sp³-hybridized carbons (Fsp3) is 0.769. The fourth-order valence-corrected chi connectivity index (χ4v) is 4.59. The first-order valence-corrected chi connectivity index (χ1v) is 8.56. The van der Waals surface area contributed by atoms with Crippen LogP contribution in [0.15, 0.2) is 4.90 Å². The van der Waals surface area contributed by atoms with Gasteiger partial charge in [0.15, 0.2) is 0 Å². The monoisotopic (exact) mass is 300 g/mol. The number of hydrogen-bond donors (Lipinski definition) is 1. The summed E-state index contributed by atoms with van der Waals surface area (Å²) in [5.41, 5.74) is 6.79. The Labute approximate surface area is 121 Å². The van der Waals surface area contributed by atoms with E-state index in [0.717, 1.165) is 12.8 Å². The summed E-state index contributed by atoms with van der Waals surface area (Å²) in [4.78, 5) is 0.362. The first-order valence-electron chi connectivity index (χ1n) is 7.12. The molecule has 0 unspecified atom stereocenters. The van der Waals surface area contributed by atoms with E-state index in [1.54, 1.807) is 22.8 Å². The number of rotatable bonds is 4. The van der Waals surface area contributed by atoms with Crippen molar-refractivity contribution in [2.75, 3.05) is 19.6 Å². The largest absolute Gasteiger partial charge is 0.329 e. The fourth-order valence-electron chi connectivity index (χ4n) is 2.75. The van der Waals surface area contributed by atoms with E-state index in [1.807, 2.05) is 0 Å². The predicted octanol–water partition coefficient (Wildman–Crippen LogP) is 0.879. The van der Waals surface area contributed by atoms with Crippen LogP contribution >= 0.6 is 0 Å². The van der Waals surface area contributed by atoms with Crippen LogP contribution in [-0.4, -0.2) is 42.1 Å². The van der Waals surface area contributed by atoms with Crippen molar-refractivity contribution >= 4 is 10.0 Å². The molecule has 0 radical (unpaired) electrons. The van der Waals surface area contributed by atoms with Crippen LogP contribution in [0.2, 0.25) is 0 Å². The summed E-state index contributed by atoms with van der Waals surface area (Å²) < 4.78 is 28.9.